The number of hydrogen-bond acceptors (Lipinski definition) is 6. The molecule has 4 rings (SSSR count). The number of aliphatic hydroxyl groups is 1. The molecule has 6 nitrogen and oxygen atoms in total. The second-order valence-corrected chi connectivity index (χ2v) is 8.51. The summed E-state index contributed by atoms with van der Waals surface area (Å²) in [6.45, 7) is 7.10. The molecule has 0 unspecified atom stereocenters. The topological polar surface area (TPSA) is 100 Å². The van der Waals surface area contributed by atoms with E-state index in [1.807, 2.05) is 19.9 Å². The number of aromatic hydroxyl groups is 2. The third kappa shape index (κ3) is 3.33. The van der Waals surface area contributed by atoms with Crippen LogP contribution in [0.5, 0.6) is 17.2 Å². The van der Waals surface area contributed by atoms with Crippen molar-refractivity contribution < 1.29 is 24.5 Å². The number of hydrogen-bond donors (Lipinski definition) is 3. The SMILES string of the molecule is CC(C)=Cc1cc(-c2coc3cc4c(c(O)c3c2=O)C[C@@H](C(C)(C)O)O4)ccc1O. The summed E-state index contributed by atoms with van der Waals surface area (Å²) in [5.41, 5.74) is 1.65. The van der Waals surface area contributed by atoms with Gasteiger partial charge >= 0.3 is 0 Å². The van der Waals surface area contributed by atoms with E-state index >= 15 is 0 Å². The fraction of sp³-hybridized carbons (Fsp3) is 0.292. The van der Waals surface area contributed by atoms with Crippen LogP contribution in [0.1, 0.15) is 38.8 Å². The lowest BCUT2D eigenvalue weighted by Gasteiger charge is -2.24. The summed E-state index contributed by atoms with van der Waals surface area (Å²) in [4.78, 5) is 13.3. The van der Waals surface area contributed by atoms with Crippen LogP contribution in [-0.4, -0.2) is 27.0 Å². The Kier molecular flexibility index (Phi) is 4.62. The highest BCUT2D eigenvalue weighted by Crippen LogP contribution is 2.42. The smallest absolute Gasteiger partial charge is 0.204 e. The van der Waals surface area contributed by atoms with Crippen molar-refractivity contribution in [1.29, 1.82) is 0 Å². The lowest BCUT2D eigenvalue weighted by Crippen LogP contribution is -2.39. The number of ether oxygens (including phenoxy) is 1. The largest absolute Gasteiger partial charge is 0.507 e. The molecule has 0 spiro atoms. The molecule has 3 aromatic rings. The highest BCUT2D eigenvalue weighted by Gasteiger charge is 2.37. The molecule has 1 aliphatic heterocycles. The molecule has 1 atom stereocenters. The molecule has 6 heteroatoms. The molecular weight excluding hydrogens is 384 g/mol. The maximum Gasteiger partial charge on any atom is 0.204 e. The highest BCUT2D eigenvalue weighted by molar-refractivity contribution is 5.90. The van der Waals surface area contributed by atoms with Crippen molar-refractivity contribution >= 4 is 17.0 Å². The zero-order chi connectivity index (χ0) is 21.8. The fourth-order valence-electron chi connectivity index (χ4n) is 3.71. The summed E-state index contributed by atoms with van der Waals surface area (Å²) in [5, 5.41) is 31.3. The first-order valence-corrected chi connectivity index (χ1v) is 9.74. The third-order valence-electron chi connectivity index (χ3n) is 5.33. The molecule has 0 radical (unpaired) electrons. The van der Waals surface area contributed by atoms with Crippen molar-refractivity contribution in [1.82, 2.24) is 0 Å². The van der Waals surface area contributed by atoms with Crippen LogP contribution in [0.3, 0.4) is 0 Å². The molecule has 30 heavy (non-hydrogen) atoms. The van der Waals surface area contributed by atoms with Crippen LogP contribution < -0.4 is 10.2 Å². The minimum Gasteiger partial charge on any atom is -0.507 e. The number of fused-ring (bicyclic) bond motifs is 2. The number of benzene rings is 2. The molecule has 1 aromatic heterocycles. The Morgan fingerprint density at radius 1 is 1.20 bits per heavy atom. The zero-order valence-corrected chi connectivity index (χ0v) is 17.3. The van der Waals surface area contributed by atoms with Crippen molar-refractivity contribution in [3.05, 3.63) is 57.5 Å². The molecule has 0 bridgehead atoms. The summed E-state index contributed by atoms with van der Waals surface area (Å²) in [5.74, 6) is 0.326. The van der Waals surface area contributed by atoms with E-state index in [1.54, 1.807) is 32.0 Å². The number of allylic oxidation sites excluding steroid dienone is 1. The lowest BCUT2D eigenvalue weighted by atomic mass is 9.95. The Balaban J connectivity index is 1.88. The van der Waals surface area contributed by atoms with E-state index < -0.39 is 11.7 Å². The van der Waals surface area contributed by atoms with Gasteiger partial charge in [0.15, 0.2) is 0 Å². The van der Waals surface area contributed by atoms with E-state index in [0.717, 1.165) is 5.57 Å². The van der Waals surface area contributed by atoms with Crippen LogP contribution in [0.15, 0.2) is 45.3 Å². The Morgan fingerprint density at radius 2 is 1.93 bits per heavy atom. The van der Waals surface area contributed by atoms with Crippen LogP contribution in [0.2, 0.25) is 0 Å². The van der Waals surface area contributed by atoms with Gasteiger partial charge in [0.2, 0.25) is 5.43 Å². The molecule has 3 N–H and O–H groups in total. The standard InChI is InChI=1S/C24H24O6/c1-12(2)7-14-8-13(5-6-17(14)25)16-11-29-19-10-18-15(22(26)21(19)23(16)27)9-20(30-18)24(3,4)28/h5-8,10-11,20,25-26,28H,9H2,1-4H3/t20-/m0/s1. The summed E-state index contributed by atoms with van der Waals surface area (Å²) in [6.07, 6.45) is 2.92. The zero-order valence-electron chi connectivity index (χ0n) is 17.3. The summed E-state index contributed by atoms with van der Waals surface area (Å²) in [7, 11) is 0. The van der Waals surface area contributed by atoms with Crippen LogP contribution in [0.4, 0.5) is 0 Å². The van der Waals surface area contributed by atoms with Gasteiger partial charge in [-0.25, -0.2) is 0 Å². The molecule has 156 valence electrons. The summed E-state index contributed by atoms with van der Waals surface area (Å²) < 4.78 is 11.5. The van der Waals surface area contributed by atoms with Gasteiger partial charge in [0.25, 0.3) is 0 Å². The van der Waals surface area contributed by atoms with Crippen molar-refractivity contribution in [2.24, 2.45) is 0 Å². The van der Waals surface area contributed by atoms with E-state index in [0.29, 0.717) is 22.4 Å². The van der Waals surface area contributed by atoms with Gasteiger partial charge in [0, 0.05) is 23.6 Å². The van der Waals surface area contributed by atoms with E-state index in [2.05, 4.69) is 0 Å². The number of phenolic OH excluding ortho intramolecular Hbond substituents is 2. The Labute approximate surface area is 173 Å². The minimum absolute atomic E-state index is 0.0723. The first-order valence-electron chi connectivity index (χ1n) is 9.74. The van der Waals surface area contributed by atoms with Crippen LogP contribution >= 0.6 is 0 Å². The Morgan fingerprint density at radius 3 is 2.60 bits per heavy atom. The highest BCUT2D eigenvalue weighted by atomic mass is 16.5. The molecule has 2 aromatic carbocycles. The molecule has 0 saturated carbocycles. The van der Waals surface area contributed by atoms with E-state index in [4.69, 9.17) is 9.15 Å². The first kappa shape index (κ1) is 20.0. The first-order chi connectivity index (χ1) is 14.1. The second kappa shape index (κ2) is 6.92. The van der Waals surface area contributed by atoms with E-state index in [1.165, 1.54) is 12.3 Å². The normalized spacial score (nSPS) is 15.7. The summed E-state index contributed by atoms with van der Waals surface area (Å²) in [6, 6.07) is 6.44. The average Bonchev–Trinajstić information content (AvgIpc) is 3.08. The predicted molar refractivity (Wildman–Crippen MR) is 115 cm³/mol. The molecule has 0 amide bonds. The van der Waals surface area contributed by atoms with Crippen LogP contribution in [-0.2, 0) is 6.42 Å². The van der Waals surface area contributed by atoms with Gasteiger partial charge in [-0.3, -0.25) is 4.79 Å². The third-order valence-corrected chi connectivity index (χ3v) is 5.33. The fourth-order valence-corrected chi connectivity index (χ4v) is 3.71. The molecule has 0 fully saturated rings. The van der Waals surface area contributed by atoms with Crippen molar-refractivity contribution in [2.45, 2.75) is 45.8 Å². The number of rotatable bonds is 3. The van der Waals surface area contributed by atoms with Gasteiger partial charge in [0.05, 0.1) is 11.2 Å². The maximum absolute atomic E-state index is 13.3. The molecule has 0 aliphatic carbocycles. The predicted octanol–water partition coefficient (Wildman–Crippen LogP) is 4.37. The lowest BCUT2D eigenvalue weighted by molar-refractivity contribution is -0.0229. The van der Waals surface area contributed by atoms with E-state index in [-0.39, 0.29) is 39.9 Å². The van der Waals surface area contributed by atoms with Crippen molar-refractivity contribution in [3.63, 3.8) is 0 Å². The van der Waals surface area contributed by atoms with Gasteiger partial charge in [-0.2, -0.15) is 0 Å². The van der Waals surface area contributed by atoms with Gasteiger partial charge in [-0.15, -0.1) is 0 Å². The molecule has 0 saturated heterocycles. The van der Waals surface area contributed by atoms with Gasteiger partial charge in [-0.05, 0) is 45.4 Å². The molecular formula is C24H24O6. The van der Waals surface area contributed by atoms with Gasteiger partial charge in [-0.1, -0.05) is 17.7 Å². The van der Waals surface area contributed by atoms with Crippen molar-refractivity contribution in [3.8, 4) is 28.4 Å². The summed E-state index contributed by atoms with van der Waals surface area (Å²) >= 11 is 0. The molecule has 1 aliphatic rings. The Hall–Kier alpha value is -3.25. The average molecular weight is 408 g/mol. The van der Waals surface area contributed by atoms with E-state index in [9.17, 15) is 20.1 Å². The van der Waals surface area contributed by atoms with Crippen LogP contribution in [0, 0.1) is 0 Å². The number of phenols is 2. The van der Waals surface area contributed by atoms with Gasteiger partial charge < -0.3 is 24.5 Å². The second-order valence-electron chi connectivity index (χ2n) is 8.51. The monoisotopic (exact) mass is 408 g/mol. The maximum atomic E-state index is 13.3. The van der Waals surface area contributed by atoms with Gasteiger partial charge in [0.1, 0.15) is 40.6 Å². The van der Waals surface area contributed by atoms with Crippen LogP contribution in [0.25, 0.3) is 28.2 Å². The molecule has 2 heterocycles. The minimum atomic E-state index is -1.10. The quantitative estimate of drug-likeness (QED) is 0.595. The Bertz CT molecular complexity index is 1240. The van der Waals surface area contributed by atoms with Crippen molar-refractivity contribution in [2.75, 3.05) is 0 Å².